The Hall–Kier alpha value is -3.68. The Balaban J connectivity index is 1.31. The summed E-state index contributed by atoms with van der Waals surface area (Å²) in [4.78, 5) is 26.0. The van der Waals surface area contributed by atoms with Gasteiger partial charge in [0.15, 0.2) is 9.84 Å². The standard InChI is InChI=1S/C26H27F3N6O4S/c1-40(38,39)14-21(36)31-23-22-20(33-34(23)9-7-15-2-3-15)11-25(32-24(22)37)8-6-17-10-16(4-5-19(17)25)18-12-30-35(13-18)26(27,28)29/h4-5,10,12-13,15H,2-3,6-9,11,14H2,1H3,(H,31,36)(H,32,37)/t25-/m1/s1. The monoisotopic (exact) mass is 576 g/mol. The Morgan fingerprint density at radius 1 is 1.25 bits per heavy atom. The number of carbonyl (C=O) groups is 2. The first-order chi connectivity index (χ1) is 18.8. The van der Waals surface area contributed by atoms with Crippen LogP contribution in [0.3, 0.4) is 0 Å². The first-order valence-corrected chi connectivity index (χ1v) is 15.0. The van der Waals surface area contributed by atoms with Crippen LogP contribution < -0.4 is 10.6 Å². The topological polar surface area (TPSA) is 128 Å². The fourth-order valence-electron chi connectivity index (χ4n) is 5.74. The van der Waals surface area contributed by atoms with Crippen molar-refractivity contribution in [3.8, 4) is 11.1 Å². The summed E-state index contributed by atoms with van der Waals surface area (Å²) in [5.41, 5.74) is 2.70. The lowest BCUT2D eigenvalue weighted by molar-refractivity contribution is -0.212. The lowest BCUT2D eigenvalue weighted by atomic mass is 9.82. The molecule has 14 heteroatoms. The number of aryl methyl sites for hydroxylation is 2. The molecule has 2 amide bonds. The molecule has 3 aliphatic rings. The smallest absolute Gasteiger partial charge is 0.342 e. The molecule has 2 aromatic heterocycles. The molecule has 3 heterocycles. The van der Waals surface area contributed by atoms with Crippen LogP contribution in [0.2, 0.25) is 0 Å². The van der Waals surface area contributed by atoms with Crippen LogP contribution in [0.1, 0.15) is 52.9 Å². The molecule has 1 aromatic carbocycles. The third-order valence-electron chi connectivity index (χ3n) is 7.79. The number of hydrogen-bond acceptors (Lipinski definition) is 6. The Bertz CT molecular complexity index is 1640. The zero-order valence-corrected chi connectivity index (χ0v) is 22.4. The van der Waals surface area contributed by atoms with Crippen molar-refractivity contribution in [3.05, 3.63) is 53.0 Å². The van der Waals surface area contributed by atoms with E-state index < -0.39 is 39.2 Å². The van der Waals surface area contributed by atoms with Gasteiger partial charge in [-0.1, -0.05) is 31.0 Å². The number of benzene rings is 1. The van der Waals surface area contributed by atoms with Gasteiger partial charge in [-0.05, 0) is 41.9 Å². The van der Waals surface area contributed by atoms with Crippen molar-refractivity contribution in [2.45, 2.75) is 56.9 Å². The SMILES string of the molecule is CS(=O)(=O)CC(=O)Nc1c2c(nn1CCC1CC1)C[C@@]1(CCc3cc(-c4cnn(C(F)(F)F)c4)ccc31)NC2=O. The average Bonchev–Trinajstić information content (AvgIpc) is 3.26. The number of carbonyl (C=O) groups excluding carboxylic acids is 2. The number of halogens is 3. The van der Waals surface area contributed by atoms with E-state index in [1.807, 2.05) is 12.1 Å². The number of rotatable bonds is 7. The van der Waals surface area contributed by atoms with Crippen LogP contribution in [0, 0.1) is 5.92 Å². The Labute approximate surface area is 227 Å². The number of nitrogens with zero attached hydrogens (tertiary/aromatic N) is 4. The molecule has 3 aromatic rings. The van der Waals surface area contributed by atoms with Gasteiger partial charge in [-0.2, -0.15) is 14.9 Å². The van der Waals surface area contributed by atoms with Crippen molar-refractivity contribution in [3.63, 3.8) is 0 Å². The zero-order valence-electron chi connectivity index (χ0n) is 21.6. The minimum atomic E-state index is -4.60. The summed E-state index contributed by atoms with van der Waals surface area (Å²) in [6.45, 7) is 0.484. The summed E-state index contributed by atoms with van der Waals surface area (Å²) in [7, 11) is -3.57. The molecule has 212 valence electrons. The van der Waals surface area contributed by atoms with E-state index in [2.05, 4.69) is 15.7 Å². The summed E-state index contributed by atoms with van der Waals surface area (Å²) < 4.78 is 63.9. The molecule has 40 heavy (non-hydrogen) atoms. The second kappa shape index (κ2) is 9.18. The predicted octanol–water partition coefficient (Wildman–Crippen LogP) is 3.13. The fourth-order valence-corrected chi connectivity index (χ4v) is 6.29. The molecule has 1 aliphatic heterocycles. The number of amides is 2. The Kier molecular flexibility index (Phi) is 6.09. The number of fused-ring (bicyclic) bond motifs is 3. The maximum atomic E-state index is 13.5. The maximum Gasteiger partial charge on any atom is 0.504 e. The van der Waals surface area contributed by atoms with Gasteiger partial charge in [-0.15, -0.1) is 13.2 Å². The maximum absolute atomic E-state index is 13.5. The van der Waals surface area contributed by atoms with E-state index >= 15 is 0 Å². The minimum absolute atomic E-state index is 0.0359. The molecule has 2 N–H and O–H groups in total. The van der Waals surface area contributed by atoms with Gasteiger partial charge in [0.05, 0.1) is 17.4 Å². The number of hydrogen-bond donors (Lipinski definition) is 2. The lowest BCUT2D eigenvalue weighted by Crippen LogP contribution is -2.49. The van der Waals surface area contributed by atoms with Crippen LogP contribution in [0.4, 0.5) is 19.0 Å². The Morgan fingerprint density at radius 3 is 2.70 bits per heavy atom. The van der Waals surface area contributed by atoms with E-state index in [9.17, 15) is 31.2 Å². The molecular formula is C26H27F3N6O4S. The van der Waals surface area contributed by atoms with Crippen molar-refractivity contribution < 1.29 is 31.2 Å². The highest BCUT2D eigenvalue weighted by Gasteiger charge is 2.46. The highest BCUT2D eigenvalue weighted by Crippen LogP contribution is 2.44. The molecular weight excluding hydrogens is 549 g/mol. The van der Waals surface area contributed by atoms with E-state index in [0.29, 0.717) is 48.5 Å². The molecule has 10 nitrogen and oxygen atoms in total. The Morgan fingerprint density at radius 2 is 2.02 bits per heavy atom. The van der Waals surface area contributed by atoms with Crippen molar-refractivity contribution >= 4 is 27.5 Å². The molecule has 0 unspecified atom stereocenters. The molecule has 1 saturated carbocycles. The first kappa shape index (κ1) is 26.5. The summed E-state index contributed by atoms with van der Waals surface area (Å²) >= 11 is 0. The highest BCUT2D eigenvalue weighted by atomic mass is 32.2. The molecule has 0 saturated heterocycles. The van der Waals surface area contributed by atoms with Gasteiger partial charge in [-0.25, -0.2) is 13.1 Å². The van der Waals surface area contributed by atoms with Gasteiger partial charge >= 0.3 is 6.30 Å². The second-order valence-corrected chi connectivity index (χ2v) is 13.1. The van der Waals surface area contributed by atoms with Crippen molar-refractivity contribution in [2.24, 2.45) is 5.92 Å². The molecule has 6 rings (SSSR count). The summed E-state index contributed by atoms with van der Waals surface area (Å²) in [5.74, 6) is -1.10. The number of nitrogens with one attached hydrogen (secondary N) is 2. The van der Waals surface area contributed by atoms with Crippen molar-refractivity contribution in [2.75, 3.05) is 17.3 Å². The van der Waals surface area contributed by atoms with Crippen LogP contribution in [0.25, 0.3) is 11.1 Å². The highest BCUT2D eigenvalue weighted by molar-refractivity contribution is 7.91. The molecule has 0 radical (unpaired) electrons. The van der Waals surface area contributed by atoms with E-state index in [4.69, 9.17) is 5.10 Å². The number of aromatic nitrogens is 4. The van der Waals surface area contributed by atoms with Crippen LogP contribution in [0.5, 0.6) is 0 Å². The van der Waals surface area contributed by atoms with Crippen LogP contribution in [0.15, 0.2) is 30.6 Å². The number of sulfone groups is 1. The normalized spacial score (nSPS) is 20.4. The molecule has 1 fully saturated rings. The van der Waals surface area contributed by atoms with Gasteiger partial charge < -0.3 is 10.6 Å². The minimum Gasteiger partial charge on any atom is -0.342 e. The van der Waals surface area contributed by atoms with Gasteiger partial charge in [-0.3, -0.25) is 9.59 Å². The summed E-state index contributed by atoms with van der Waals surface area (Å²) in [6.07, 6.45) is 3.08. The second-order valence-electron chi connectivity index (χ2n) is 11.0. The zero-order chi connectivity index (χ0) is 28.4. The first-order valence-electron chi connectivity index (χ1n) is 13.0. The largest absolute Gasteiger partial charge is 0.504 e. The third-order valence-corrected chi connectivity index (χ3v) is 8.58. The number of alkyl halides is 3. The quantitative estimate of drug-likeness (QED) is 0.445. The van der Waals surface area contributed by atoms with Crippen LogP contribution in [-0.4, -0.2) is 51.8 Å². The van der Waals surface area contributed by atoms with Crippen LogP contribution in [-0.2, 0) is 45.9 Å². The third kappa shape index (κ3) is 5.00. The van der Waals surface area contributed by atoms with Crippen LogP contribution >= 0.6 is 0 Å². The molecule has 1 spiro atoms. The average molecular weight is 577 g/mol. The van der Waals surface area contributed by atoms with E-state index in [1.165, 1.54) is 6.20 Å². The van der Waals surface area contributed by atoms with E-state index in [0.717, 1.165) is 42.8 Å². The molecule has 2 aliphatic carbocycles. The summed E-state index contributed by atoms with van der Waals surface area (Å²) in [6, 6.07) is 5.37. The van der Waals surface area contributed by atoms with Crippen molar-refractivity contribution in [1.29, 1.82) is 0 Å². The number of anilines is 1. The van der Waals surface area contributed by atoms with Crippen molar-refractivity contribution in [1.82, 2.24) is 24.9 Å². The van der Waals surface area contributed by atoms with Gasteiger partial charge in [0.25, 0.3) is 5.91 Å². The van der Waals surface area contributed by atoms with Gasteiger partial charge in [0, 0.05) is 31.0 Å². The van der Waals surface area contributed by atoms with E-state index in [1.54, 1.807) is 10.7 Å². The van der Waals surface area contributed by atoms with Gasteiger partial charge in [0.2, 0.25) is 5.91 Å². The fraction of sp³-hybridized carbons (Fsp3) is 0.462. The molecule has 1 atom stereocenters. The van der Waals surface area contributed by atoms with E-state index in [-0.39, 0.29) is 16.1 Å². The lowest BCUT2D eigenvalue weighted by Gasteiger charge is -2.35. The summed E-state index contributed by atoms with van der Waals surface area (Å²) in [5, 5.41) is 13.9. The van der Waals surface area contributed by atoms with Gasteiger partial charge in [0.1, 0.15) is 17.1 Å². The predicted molar refractivity (Wildman–Crippen MR) is 138 cm³/mol. The molecule has 0 bridgehead atoms.